The number of benzene rings is 3. The van der Waals surface area contributed by atoms with Crippen molar-refractivity contribution in [2.45, 2.75) is 33.1 Å². The molecular weight excluding hydrogens is 339 g/mol. The average molecular weight is 360 g/mol. The van der Waals surface area contributed by atoms with Crippen molar-refractivity contribution in [1.29, 1.82) is 0 Å². The lowest BCUT2D eigenvalue weighted by Crippen LogP contribution is -2.02. The first-order valence-electron chi connectivity index (χ1n) is 9.33. The molecule has 0 unspecified atom stereocenters. The molecule has 0 amide bonds. The normalized spacial score (nSPS) is 11.4. The van der Waals surface area contributed by atoms with Crippen LogP contribution in [-0.2, 0) is 6.42 Å². The molecule has 0 N–H and O–H groups in total. The van der Waals surface area contributed by atoms with Crippen LogP contribution in [0, 0.1) is 12.7 Å². The second-order valence-electron chi connectivity index (χ2n) is 7.03. The van der Waals surface area contributed by atoms with Gasteiger partial charge in [-0.3, -0.25) is 0 Å². The topological polar surface area (TPSA) is 30.2 Å². The van der Waals surface area contributed by atoms with Crippen molar-refractivity contribution in [3.05, 3.63) is 82.0 Å². The molecule has 27 heavy (non-hydrogen) atoms. The van der Waals surface area contributed by atoms with Gasteiger partial charge in [-0.1, -0.05) is 67.4 Å². The van der Waals surface area contributed by atoms with E-state index in [9.17, 15) is 9.18 Å². The molecule has 4 aromatic rings. The highest BCUT2D eigenvalue weighted by Gasteiger charge is 2.15. The molecule has 0 bridgehead atoms. The fourth-order valence-electron chi connectivity index (χ4n) is 3.49. The number of aryl methyl sites for hydroxylation is 2. The predicted molar refractivity (Wildman–Crippen MR) is 109 cm³/mol. The van der Waals surface area contributed by atoms with Gasteiger partial charge in [0.2, 0.25) is 0 Å². The molecule has 3 heteroatoms. The third-order valence-electron chi connectivity index (χ3n) is 5.09. The summed E-state index contributed by atoms with van der Waals surface area (Å²) in [5, 5.41) is 1.83. The first kappa shape index (κ1) is 17.5. The number of halogens is 1. The molecule has 0 atom stereocenters. The molecule has 1 aromatic heterocycles. The van der Waals surface area contributed by atoms with E-state index in [0.717, 1.165) is 29.4 Å². The lowest BCUT2D eigenvalue weighted by Gasteiger charge is -2.09. The molecule has 0 radical (unpaired) electrons. The van der Waals surface area contributed by atoms with Gasteiger partial charge in [0.15, 0.2) is 11.4 Å². The number of rotatable bonds is 4. The van der Waals surface area contributed by atoms with E-state index in [2.05, 4.69) is 6.92 Å². The summed E-state index contributed by atoms with van der Waals surface area (Å²) in [7, 11) is 0. The van der Waals surface area contributed by atoms with Gasteiger partial charge in [-0.25, -0.2) is 9.18 Å². The third-order valence-corrected chi connectivity index (χ3v) is 5.09. The number of fused-ring (bicyclic) bond motifs is 3. The average Bonchev–Trinajstić information content (AvgIpc) is 2.68. The lowest BCUT2D eigenvalue weighted by atomic mass is 9.98. The third kappa shape index (κ3) is 3.14. The minimum Gasteiger partial charge on any atom is -0.419 e. The van der Waals surface area contributed by atoms with Crippen LogP contribution in [0.5, 0.6) is 0 Å². The molecule has 0 aliphatic heterocycles. The van der Waals surface area contributed by atoms with Gasteiger partial charge >= 0.3 is 5.63 Å². The molecule has 0 spiro atoms. The molecule has 3 aromatic carbocycles. The van der Waals surface area contributed by atoms with Crippen molar-refractivity contribution >= 4 is 21.7 Å². The molecule has 0 saturated heterocycles. The summed E-state index contributed by atoms with van der Waals surface area (Å²) in [6.45, 7) is 4.10. The predicted octanol–water partition coefficient (Wildman–Crippen LogP) is 6.40. The molecule has 136 valence electrons. The summed E-state index contributed by atoms with van der Waals surface area (Å²) in [4.78, 5) is 12.6. The van der Waals surface area contributed by atoms with Crippen molar-refractivity contribution in [3.8, 4) is 11.1 Å². The summed E-state index contributed by atoms with van der Waals surface area (Å²) in [5.74, 6) is -0.414. The van der Waals surface area contributed by atoms with E-state index in [1.807, 2.05) is 55.5 Å². The van der Waals surface area contributed by atoms with Crippen LogP contribution in [0.3, 0.4) is 0 Å². The quantitative estimate of drug-likeness (QED) is 0.311. The van der Waals surface area contributed by atoms with E-state index in [4.69, 9.17) is 4.42 Å². The largest absolute Gasteiger partial charge is 0.419 e. The number of hydrogen-bond donors (Lipinski definition) is 0. The van der Waals surface area contributed by atoms with Crippen LogP contribution in [0.1, 0.15) is 30.9 Å². The Morgan fingerprint density at radius 2 is 1.59 bits per heavy atom. The van der Waals surface area contributed by atoms with E-state index < -0.39 is 11.4 Å². The van der Waals surface area contributed by atoms with Gasteiger partial charge in [-0.15, -0.1) is 0 Å². The molecule has 4 rings (SSSR count). The van der Waals surface area contributed by atoms with Gasteiger partial charge in [-0.05, 0) is 42.5 Å². The maximum atomic E-state index is 14.8. The van der Waals surface area contributed by atoms with Gasteiger partial charge in [-0.2, -0.15) is 0 Å². The Balaban J connectivity index is 1.91. The summed E-state index contributed by atoms with van der Waals surface area (Å²) < 4.78 is 20.3. The SMILES string of the molecule is CCCCc1ccc2c(oc(=O)c3cc(-c4ccc(C)cc4)ccc32)c1F. The molecular formula is C24H21FO2. The monoisotopic (exact) mass is 360 g/mol. The molecule has 0 aliphatic rings. The zero-order valence-electron chi connectivity index (χ0n) is 15.5. The van der Waals surface area contributed by atoms with Gasteiger partial charge < -0.3 is 4.42 Å². The molecule has 2 nitrogen and oxygen atoms in total. The highest BCUT2D eigenvalue weighted by atomic mass is 19.1. The Kier molecular flexibility index (Phi) is 4.53. The zero-order valence-corrected chi connectivity index (χ0v) is 15.5. The van der Waals surface area contributed by atoms with Gasteiger partial charge in [0, 0.05) is 10.8 Å². The second-order valence-corrected chi connectivity index (χ2v) is 7.03. The Labute approximate surface area is 157 Å². The Bertz CT molecular complexity index is 1190. The first-order chi connectivity index (χ1) is 13.1. The highest BCUT2D eigenvalue weighted by Crippen LogP contribution is 2.30. The summed E-state index contributed by atoms with van der Waals surface area (Å²) in [6, 6.07) is 17.5. The van der Waals surface area contributed by atoms with E-state index in [-0.39, 0.29) is 5.58 Å². The van der Waals surface area contributed by atoms with Crippen LogP contribution in [0.25, 0.3) is 32.9 Å². The highest BCUT2D eigenvalue weighted by molar-refractivity contribution is 6.05. The van der Waals surface area contributed by atoms with Gasteiger partial charge in [0.1, 0.15) is 0 Å². The standard InChI is InChI=1S/C24H21FO2/c1-3-4-5-17-10-13-20-19-12-11-18(16-8-6-15(2)7-9-16)14-21(19)24(26)27-23(20)22(17)25/h6-14H,3-5H2,1-2H3. The number of hydrogen-bond acceptors (Lipinski definition) is 2. The van der Waals surface area contributed by atoms with Crippen LogP contribution in [0.15, 0.2) is 63.8 Å². The number of unbranched alkanes of at least 4 members (excludes halogenated alkanes) is 1. The van der Waals surface area contributed by atoms with Gasteiger partial charge in [0.25, 0.3) is 0 Å². The summed E-state index contributed by atoms with van der Waals surface area (Å²) in [6.07, 6.45) is 2.54. The van der Waals surface area contributed by atoms with E-state index in [1.165, 1.54) is 5.56 Å². The lowest BCUT2D eigenvalue weighted by molar-refractivity contribution is 0.523. The van der Waals surface area contributed by atoms with Crippen LogP contribution in [0.4, 0.5) is 4.39 Å². The van der Waals surface area contributed by atoms with Crippen molar-refractivity contribution in [2.24, 2.45) is 0 Å². The smallest absolute Gasteiger partial charge is 0.344 e. The summed E-state index contributed by atoms with van der Waals surface area (Å²) >= 11 is 0. The minimum atomic E-state index is -0.502. The zero-order chi connectivity index (χ0) is 19.0. The first-order valence-corrected chi connectivity index (χ1v) is 9.33. The van der Waals surface area contributed by atoms with E-state index in [1.54, 1.807) is 6.07 Å². The van der Waals surface area contributed by atoms with Crippen LogP contribution in [0.2, 0.25) is 0 Å². The molecule has 0 fully saturated rings. The summed E-state index contributed by atoms with van der Waals surface area (Å²) in [5.41, 5.74) is 3.31. The fraction of sp³-hybridized carbons (Fsp3) is 0.208. The van der Waals surface area contributed by atoms with Crippen LogP contribution < -0.4 is 5.63 Å². The molecule has 0 saturated carbocycles. The van der Waals surface area contributed by atoms with Crippen molar-refractivity contribution in [2.75, 3.05) is 0 Å². The van der Waals surface area contributed by atoms with Crippen molar-refractivity contribution in [1.82, 2.24) is 0 Å². The molecule has 1 heterocycles. The minimum absolute atomic E-state index is 0.0594. The fourth-order valence-corrected chi connectivity index (χ4v) is 3.49. The van der Waals surface area contributed by atoms with E-state index >= 15 is 0 Å². The van der Waals surface area contributed by atoms with E-state index in [0.29, 0.717) is 22.8 Å². The van der Waals surface area contributed by atoms with Crippen LogP contribution >= 0.6 is 0 Å². The van der Waals surface area contributed by atoms with Crippen molar-refractivity contribution < 1.29 is 8.81 Å². The molecule has 0 aliphatic carbocycles. The van der Waals surface area contributed by atoms with Crippen molar-refractivity contribution in [3.63, 3.8) is 0 Å². The Hall–Kier alpha value is -2.94. The maximum absolute atomic E-state index is 14.8. The Morgan fingerprint density at radius 1 is 0.889 bits per heavy atom. The van der Waals surface area contributed by atoms with Crippen LogP contribution in [-0.4, -0.2) is 0 Å². The van der Waals surface area contributed by atoms with Gasteiger partial charge in [0.05, 0.1) is 5.39 Å². The second kappa shape index (κ2) is 6.99. The maximum Gasteiger partial charge on any atom is 0.344 e. The Morgan fingerprint density at radius 3 is 2.33 bits per heavy atom.